The van der Waals surface area contributed by atoms with Gasteiger partial charge in [-0.2, -0.15) is 0 Å². The summed E-state index contributed by atoms with van der Waals surface area (Å²) in [5, 5.41) is 12.1. The molecule has 0 bridgehead atoms. The molecule has 2 aromatic carbocycles. The van der Waals surface area contributed by atoms with E-state index in [-0.39, 0.29) is 16.8 Å². The maximum absolute atomic E-state index is 12.5. The molecular formula is C17H13N3O5. The van der Waals surface area contributed by atoms with Crippen LogP contribution in [0.2, 0.25) is 0 Å². The van der Waals surface area contributed by atoms with E-state index in [0.29, 0.717) is 11.4 Å². The van der Waals surface area contributed by atoms with Crippen LogP contribution in [0.3, 0.4) is 0 Å². The number of rotatable bonds is 4. The standard InChI is InChI=1S/C17H13N3O5/c1-25-15-8-7-13(20(23)24)9-11(15)10-14-16(21)18-19(17(14)22)12-5-3-2-4-6-12/h2-10H,1H3,(H,18,21)/b14-10-. The van der Waals surface area contributed by atoms with E-state index >= 15 is 0 Å². The number of nitro groups is 1. The zero-order chi connectivity index (χ0) is 18.0. The number of non-ortho nitro benzene ring substituents is 1. The van der Waals surface area contributed by atoms with Gasteiger partial charge in [-0.25, -0.2) is 5.01 Å². The van der Waals surface area contributed by atoms with Gasteiger partial charge in [0.2, 0.25) is 0 Å². The molecule has 8 heteroatoms. The van der Waals surface area contributed by atoms with E-state index < -0.39 is 16.7 Å². The number of para-hydroxylation sites is 1. The number of carbonyl (C=O) groups excluding carboxylic acids is 2. The Labute approximate surface area is 142 Å². The lowest BCUT2D eigenvalue weighted by Crippen LogP contribution is -2.35. The molecule has 2 amide bonds. The van der Waals surface area contributed by atoms with Crippen molar-refractivity contribution in [2.45, 2.75) is 0 Å². The van der Waals surface area contributed by atoms with Gasteiger partial charge < -0.3 is 4.74 Å². The number of anilines is 1. The van der Waals surface area contributed by atoms with Crippen molar-refractivity contribution >= 4 is 29.3 Å². The van der Waals surface area contributed by atoms with Gasteiger partial charge in [0.05, 0.1) is 17.7 Å². The predicted molar refractivity (Wildman–Crippen MR) is 89.7 cm³/mol. The molecule has 0 unspecified atom stereocenters. The van der Waals surface area contributed by atoms with Crippen LogP contribution in [-0.2, 0) is 9.59 Å². The monoisotopic (exact) mass is 339 g/mol. The molecule has 1 aliphatic rings. The minimum absolute atomic E-state index is 0.136. The van der Waals surface area contributed by atoms with Gasteiger partial charge in [-0.3, -0.25) is 25.1 Å². The van der Waals surface area contributed by atoms with Crippen molar-refractivity contribution in [3.8, 4) is 5.75 Å². The van der Waals surface area contributed by atoms with Crippen molar-refractivity contribution in [3.63, 3.8) is 0 Å². The number of benzene rings is 2. The van der Waals surface area contributed by atoms with Gasteiger partial charge in [0.15, 0.2) is 0 Å². The van der Waals surface area contributed by atoms with E-state index in [9.17, 15) is 19.7 Å². The normalized spacial score (nSPS) is 15.4. The van der Waals surface area contributed by atoms with E-state index in [2.05, 4.69) is 5.43 Å². The summed E-state index contributed by atoms with van der Waals surface area (Å²) in [4.78, 5) is 35.1. The number of hydrogen-bond acceptors (Lipinski definition) is 5. The Morgan fingerprint density at radius 1 is 1.16 bits per heavy atom. The van der Waals surface area contributed by atoms with Crippen molar-refractivity contribution in [1.82, 2.24) is 5.43 Å². The Morgan fingerprint density at radius 3 is 2.52 bits per heavy atom. The number of ether oxygens (including phenoxy) is 1. The lowest BCUT2D eigenvalue weighted by molar-refractivity contribution is -0.384. The number of hydrazine groups is 1. The smallest absolute Gasteiger partial charge is 0.282 e. The molecule has 1 N–H and O–H groups in total. The number of nitro benzene ring substituents is 1. The van der Waals surface area contributed by atoms with Crippen LogP contribution in [0, 0.1) is 10.1 Å². The number of nitrogens with one attached hydrogen (secondary N) is 1. The number of carbonyl (C=O) groups is 2. The van der Waals surface area contributed by atoms with Gasteiger partial charge in [-0.05, 0) is 24.3 Å². The molecule has 1 fully saturated rings. The molecule has 0 radical (unpaired) electrons. The fraction of sp³-hybridized carbons (Fsp3) is 0.0588. The third-order valence-electron chi connectivity index (χ3n) is 3.63. The molecule has 0 aromatic heterocycles. The summed E-state index contributed by atoms with van der Waals surface area (Å²) in [6, 6.07) is 12.6. The summed E-state index contributed by atoms with van der Waals surface area (Å²) in [6.07, 6.45) is 1.28. The van der Waals surface area contributed by atoms with Crippen molar-refractivity contribution in [3.05, 3.63) is 69.8 Å². The maximum Gasteiger partial charge on any atom is 0.282 e. The van der Waals surface area contributed by atoms with Crippen molar-refractivity contribution in [2.75, 3.05) is 12.1 Å². The Bertz CT molecular complexity index is 892. The molecule has 2 aromatic rings. The van der Waals surface area contributed by atoms with Crippen LogP contribution < -0.4 is 15.2 Å². The van der Waals surface area contributed by atoms with Gasteiger partial charge in [-0.15, -0.1) is 0 Å². The van der Waals surface area contributed by atoms with Crippen LogP contribution in [0.1, 0.15) is 5.56 Å². The number of methoxy groups -OCH3 is 1. The SMILES string of the molecule is COc1ccc([N+](=O)[O-])cc1/C=C1/C(=O)NN(c2ccccc2)C1=O. The van der Waals surface area contributed by atoms with Crippen LogP contribution in [0.15, 0.2) is 54.1 Å². The zero-order valence-corrected chi connectivity index (χ0v) is 13.1. The zero-order valence-electron chi connectivity index (χ0n) is 13.1. The molecule has 0 spiro atoms. The second-order valence-corrected chi connectivity index (χ2v) is 5.16. The summed E-state index contributed by atoms with van der Waals surface area (Å²) < 4.78 is 5.15. The lowest BCUT2D eigenvalue weighted by Gasteiger charge is -2.13. The molecule has 1 saturated heterocycles. The van der Waals surface area contributed by atoms with Crippen LogP contribution in [0.5, 0.6) is 5.75 Å². The van der Waals surface area contributed by atoms with Gasteiger partial charge in [0.1, 0.15) is 11.3 Å². The first kappa shape index (κ1) is 16.2. The topological polar surface area (TPSA) is 102 Å². The average Bonchev–Trinajstić information content (AvgIpc) is 2.90. The highest BCUT2D eigenvalue weighted by Gasteiger charge is 2.34. The van der Waals surface area contributed by atoms with Crippen molar-refractivity contribution in [1.29, 1.82) is 0 Å². The number of nitrogens with zero attached hydrogens (tertiary/aromatic N) is 2. The Balaban J connectivity index is 2.01. The molecule has 1 heterocycles. The molecule has 8 nitrogen and oxygen atoms in total. The average molecular weight is 339 g/mol. The quantitative estimate of drug-likeness (QED) is 0.398. The van der Waals surface area contributed by atoms with E-state index in [0.717, 1.165) is 5.01 Å². The summed E-state index contributed by atoms with van der Waals surface area (Å²) in [5.41, 5.74) is 2.94. The summed E-state index contributed by atoms with van der Waals surface area (Å²) in [5.74, 6) is -0.830. The van der Waals surface area contributed by atoms with E-state index in [1.807, 2.05) is 0 Å². The minimum atomic E-state index is -0.595. The summed E-state index contributed by atoms with van der Waals surface area (Å²) >= 11 is 0. The Morgan fingerprint density at radius 2 is 1.88 bits per heavy atom. The number of amides is 2. The third kappa shape index (κ3) is 3.05. The number of hydrogen-bond donors (Lipinski definition) is 1. The first-order chi connectivity index (χ1) is 12.0. The first-order valence-corrected chi connectivity index (χ1v) is 7.26. The Kier molecular flexibility index (Phi) is 4.17. The fourth-order valence-corrected chi connectivity index (χ4v) is 2.42. The molecule has 25 heavy (non-hydrogen) atoms. The van der Waals surface area contributed by atoms with Crippen molar-refractivity contribution < 1.29 is 19.2 Å². The van der Waals surface area contributed by atoms with Crippen LogP contribution in [0.25, 0.3) is 6.08 Å². The molecule has 1 aliphatic heterocycles. The third-order valence-corrected chi connectivity index (χ3v) is 3.63. The second kappa shape index (κ2) is 6.44. The molecule has 0 saturated carbocycles. The van der Waals surface area contributed by atoms with E-state index in [1.165, 1.54) is 31.4 Å². The first-order valence-electron chi connectivity index (χ1n) is 7.26. The van der Waals surface area contributed by atoms with E-state index in [1.54, 1.807) is 30.3 Å². The van der Waals surface area contributed by atoms with Gasteiger partial charge in [0, 0.05) is 17.7 Å². The largest absolute Gasteiger partial charge is 0.496 e. The van der Waals surface area contributed by atoms with E-state index in [4.69, 9.17) is 4.74 Å². The molecule has 3 rings (SSSR count). The maximum atomic E-state index is 12.5. The second-order valence-electron chi connectivity index (χ2n) is 5.16. The van der Waals surface area contributed by atoms with Gasteiger partial charge in [-0.1, -0.05) is 18.2 Å². The minimum Gasteiger partial charge on any atom is -0.496 e. The van der Waals surface area contributed by atoms with Gasteiger partial charge >= 0.3 is 0 Å². The predicted octanol–water partition coefficient (Wildman–Crippen LogP) is 2.06. The van der Waals surface area contributed by atoms with Gasteiger partial charge in [0.25, 0.3) is 17.5 Å². The van der Waals surface area contributed by atoms with Crippen LogP contribution in [-0.4, -0.2) is 23.8 Å². The highest BCUT2D eigenvalue weighted by atomic mass is 16.6. The van der Waals surface area contributed by atoms with Crippen LogP contribution in [0.4, 0.5) is 11.4 Å². The fourth-order valence-electron chi connectivity index (χ4n) is 2.42. The highest BCUT2D eigenvalue weighted by molar-refractivity contribution is 6.31. The lowest BCUT2D eigenvalue weighted by atomic mass is 10.1. The van der Waals surface area contributed by atoms with Crippen LogP contribution >= 0.6 is 0 Å². The molecule has 0 atom stereocenters. The molecular weight excluding hydrogens is 326 g/mol. The van der Waals surface area contributed by atoms with Crippen molar-refractivity contribution in [2.24, 2.45) is 0 Å². The summed E-state index contributed by atoms with van der Waals surface area (Å²) in [6.45, 7) is 0. The highest BCUT2D eigenvalue weighted by Crippen LogP contribution is 2.28. The summed E-state index contributed by atoms with van der Waals surface area (Å²) in [7, 11) is 1.40. The molecule has 126 valence electrons. The Hall–Kier alpha value is -3.68. The molecule has 0 aliphatic carbocycles.